The fourth-order valence-corrected chi connectivity index (χ4v) is 3.65. The molecule has 2 atom stereocenters. The smallest absolute Gasteiger partial charge is 0.220 e. The lowest BCUT2D eigenvalue weighted by atomic mass is 10.0. The van der Waals surface area contributed by atoms with Crippen LogP contribution in [-0.2, 0) is 11.2 Å². The first-order valence-corrected chi connectivity index (χ1v) is 10.0. The van der Waals surface area contributed by atoms with Gasteiger partial charge in [-0.1, -0.05) is 36.4 Å². The molecule has 3 rings (SSSR count). The Morgan fingerprint density at radius 1 is 1.31 bits per heavy atom. The minimum atomic E-state index is -0.438. The molecule has 0 saturated carbocycles. The molecule has 1 aromatic heterocycles. The standard InChI is InChI=1S/C23H29N3O3/c1-29-22-9-3-2-7-19(22)8-5-13-26-16-20(14-21(27)17-26)25-23(28)11-10-18-6-4-12-24-15-18/h2-9,12,15,20-21,27H,10-11,13-14,16-17H2,1H3,(H,25,28)/t20-,21+/m0/s1. The van der Waals surface area contributed by atoms with E-state index in [1.165, 1.54) is 0 Å². The zero-order chi connectivity index (χ0) is 20.5. The van der Waals surface area contributed by atoms with Crippen LogP contribution in [0.4, 0.5) is 0 Å². The predicted molar refractivity (Wildman–Crippen MR) is 114 cm³/mol. The minimum absolute atomic E-state index is 0.0115. The van der Waals surface area contributed by atoms with Gasteiger partial charge in [-0.25, -0.2) is 0 Å². The Kier molecular flexibility index (Phi) is 7.78. The van der Waals surface area contributed by atoms with Crippen molar-refractivity contribution in [2.45, 2.75) is 31.4 Å². The average molecular weight is 396 g/mol. The van der Waals surface area contributed by atoms with Crippen LogP contribution in [0.3, 0.4) is 0 Å². The zero-order valence-electron chi connectivity index (χ0n) is 16.8. The van der Waals surface area contributed by atoms with E-state index in [2.05, 4.69) is 21.3 Å². The summed E-state index contributed by atoms with van der Waals surface area (Å²) in [5, 5.41) is 13.3. The van der Waals surface area contributed by atoms with E-state index in [0.717, 1.165) is 23.4 Å². The molecule has 2 heterocycles. The number of pyridine rings is 1. The summed E-state index contributed by atoms with van der Waals surface area (Å²) in [5.41, 5.74) is 2.07. The molecule has 6 heteroatoms. The molecule has 1 aliphatic heterocycles. The minimum Gasteiger partial charge on any atom is -0.496 e. The molecule has 1 saturated heterocycles. The van der Waals surface area contributed by atoms with E-state index >= 15 is 0 Å². The van der Waals surface area contributed by atoms with Gasteiger partial charge in [0.05, 0.1) is 13.2 Å². The molecule has 29 heavy (non-hydrogen) atoms. The van der Waals surface area contributed by atoms with E-state index in [9.17, 15) is 9.90 Å². The highest BCUT2D eigenvalue weighted by Gasteiger charge is 2.26. The van der Waals surface area contributed by atoms with Gasteiger partial charge in [-0.05, 0) is 30.5 Å². The number of β-amino-alcohol motifs (C(OH)–C–C–N with tert-alkyl or cyclic N) is 1. The first kappa shape index (κ1) is 21.0. The average Bonchev–Trinajstić information content (AvgIpc) is 2.73. The number of aromatic nitrogens is 1. The third-order valence-corrected chi connectivity index (χ3v) is 5.03. The van der Waals surface area contributed by atoms with Crippen molar-refractivity contribution in [3.05, 3.63) is 66.0 Å². The second-order valence-corrected chi connectivity index (χ2v) is 7.38. The summed E-state index contributed by atoms with van der Waals surface area (Å²) in [6.45, 7) is 2.04. The van der Waals surface area contributed by atoms with Gasteiger partial charge < -0.3 is 15.2 Å². The predicted octanol–water partition coefficient (Wildman–Crippen LogP) is 2.29. The van der Waals surface area contributed by atoms with Crippen LogP contribution in [0.25, 0.3) is 6.08 Å². The zero-order valence-corrected chi connectivity index (χ0v) is 16.8. The molecule has 0 bridgehead atoms. The van der Waals surface area contributed by atoms with Gasteiger partial charge in [0.15, 0.2) is 0 Å². The number of aryl methyl sites for hydroxylation is 1. The van der Waals surface area contributed by atoms with Crippen LogP contribution in [0.1, 0.15) is 24.0 Å². The van der Waals surface area contributed by atoms with Crippen molar-refractivity contribution in [1.82, 2.24) is 15.2 Å². The number of aliphatic hydroxyl groups excluding tert-OH is 1. The van der Waals surface area contributed by atoms with Crippen LogP contribution in [0.5, 0.6) is 5.75 Å². The molecule has 0 radical (unpaired) electrons. The fourth-order valence-electron chi connectivity index (χ4n) is 3.65. The summed E-state index contributed by atoms with van der Waals surface area (Å²) < 4.78 is 5.36. The van der Waals surface area contributed by atoms with Crippen molar-refractivity contribution in [1.29, 1.82) is 0 Å². The monoisotopic (exact) mass is 395 g/mol. The van der Waals surface area contributed by atoms with Crippen LogP contribution in [-0.4, -0.2) is 59.8 Å². The Bertz CT molecular complexity index is 810. The number of likely N-dealkylation sites (tertiary alicyclic amines) is 1. The molecule has 1 amide bonds. The maximum absolute atomic E-state index is 12.3. The summed E-state index contributed by atoms with van der Waals surface area (Å²) in [7, 11) is 1.66. The lowest BCUT2D eigenvalue weighted by Crippen LogP contribution is -2.52. The highest BCUT2D eigenvalue weighted by Crippen LogP contribution is 2.19. The van der Waals surface area contributed by atoms with Crippen LogP contribution in [0.2, 0.25) is 0 Å². The number of aliphatic hydroxyl groups is 1. The van der Waals surface area contributed by atoms with Crippen molar-refractivity contribution in [2.24, 2.45) is 0 Å². The SMILES string of the molecule is COc1ccccc1C=CCN1C[C@H](O)C[C@H](NC(=O)CCc2cccnc2)C1. The number of carbonyl (C=O) groups is 1. The number of nitrogens with one attached hydrogen (secondary N) is 1. The summed E-state index contributed by atoms with van der Waals surface area (Å²) >= 11 is 0. The summed E-state index contributed by atoms with van der Waals surface area (Å²) in [6, 6.07) is 11.7. The summed E-state index contributed by atoms with van der Waals surface area (Å²) in [4.78, 5) is 18.5. The highest BCUT2D eigenvalue weighted by atomic mass is 16.5. The van der Waals surface area contributed by atoms with Gasteiger partial charge in [0, 0.05) is 50.1 Å². The third kappa shape index (κ3) is 6.69. The first-order valence-electron chi connectivity index (χ1n) is 10.0. The maximum atomic E-state index is 12.3. The lowest BCUT2D eigenvalue weighted by molar-refractivity contribution is -0.122. The number of para-hydroxylation sites is 1. The second-order valence-electron chi connectivity index (χ2n) is 7.38. The molecule has 0 spiro atoms. The Morgan fingerprint density at radius 3 is 2.97 bits per heavy atom. The van der Waals surface area contributed by atoms with E-state index in [1.807, 2.05) is 42.5 Å². The third-order valence-electron chi connectivity index (χ3n) is 5.03. The molecular formula is C23H29N3O3. The van der Waals surface area contributed by atoms with E-state index in [0.29, 0.717) is 32.4 Å². The summed E-state index contributed by atoms with van der Waals surface area (Å²) in [6.07, 6.45) is 8.85. The number of hydrogen-bond donors (Lipinski definition) is 2. The van der Waals surface area contributed by atoms with Crippen molar-refractivity contribution in [3.8, 4) is 5.75 Å². The van der Waals surface area contributed by atoms with E-state index < -0.39 is 6.10 Å². The van der Waals surface area contributed by atoms with Gasteiger partial charge in [-0.2, -0.15) is 0 Å². The topological polar surface area (TPSA) is 74.7 Å². The highest BCUT2D eigenvalue weighted by molar-refractivity contribution is 5.76. The van der Waals surface area contributed by atoms with Gasteiger partial charge in [0.25, 0.3) is 0 Å². The number of rotatable bonds is 8. The van der Waals surface area contributed by atoms with Crippen LogP contribution < -0.4 is 10.1 Å². The number of carbonyl (C=O) groups excluding carboxylic acids is 1. The molecule has 154 valence electrons. The van der Waals surface area contributed by atoms with E-state index in [4.69, 9.17) is 4.74 Å². The Morgan fingerprint density at radius 2 is 2.17 bits per heavy atom. The first-order chi connectivity index (χ1) is 14.1. The van der Waals surface area contributed by atoms with Crippen molar-refractivity contribution in [2.75, 3.05) is 26.7 Å². The number of hydrogen-bond acceptors (Lipinski definition) is 5. The van der Waals surface area contributed by atoms with Gasteiger partial charge in [-0.15, -0.1) is 0 Å². The van der Waals surface area contributed by atoms with Gasteiger partial charge >= 0.3 is 0 Å². The largest absolute Gasteiger partial charge is 0.496 e. The molecule has 6 nitrogen and oxygen atoms in total. The van der Waals surface area contributed by atoms with E-state index in [-0.39, 0.29) is 11.9 Å². The number of methoxy groups -OCH3 is 1. The number of amides is 1. The summed E-state index contributed by atoms with van der Waals surface area (Å²) in [5.74, 6) is 0.846. The van der Waals surface area contributed by atoms with Crippen molar-refractivity contribution < 1.29 is 14.6 Å². The lowest BCUT2D eigenvalue weighted by Gasteiger charge is -2.35. The number of benzene rings is 1. The van der Waals surface area contributed by atoms with Gasteiger partial charge in [0.1, 0.15) is 5.75 Å². The maximum Gasteiger partial charge on any atom is 0.220 e. The Balaban J connectivity index is 1.48. The molecule has 1 fully saturated rings. The van der Waals surface area contributed by atoms with Gasteiger partial charge in [0.2, 0.25) is 5.91 Å². The molecule has 1 aliphatic rings. The molecule has 2 aromatic rings. The van der Waals surface area contributed by atoms with Crippen LogP contribution in [0.15, 0.2) is 54.9 Å². The Hall–Kier alpha value is -2.70. The van der Waals surface area contributed by atoms with Gasteiger partial charge in [-0.3, -0.25) is 14.7 Å². The molecule has 0 aliphatic carbocycles. The fraction of sp³-hybridized carbons (Fsp3) is 0.391. The van der Waals surface area contributed by atoms with Crippen molar-refractivity contribution in [3.63, 3.8) is 0 Å². The molecule has 1 aromatic carbocycles. The van der Waals surface area contributed by atoms with Crippen LogP contribution >= 0.6 is 0 Å². The molecule has 2 N–H and O–H groups in total. The number of piperidine rings is 1. The Labute approximate surface area is 172 Å². The normalized spacial score (nSPS) is 19.9. The molecule has 0 unspecified atom stereocenters. The number of nitrogens with zero attached hydrogens (tertiary/aromatic N) is 2. The quantitative estimate of drug-likeness (QED) is 0.717. The van der Waals surface area contributed by atoms with Crippen LogP contribution in [0, 0.1) is 0 Å². The van der Waals surface area contributed by atoms with Crippen molar-refractivity contribution >= 4 is 12.0 Å². The number of ether oxygens (including phenoxy) is 1. The second kappa shape index (κ2) is 10.7. The molecular weight excluding hydrogens is 366 g/mol. The van der Waals surface area contributed by atoms with E-state index in [1.54, 1.807) is 19.5 Å².